The minimum absolute atomic E-state index is 0.205. The maximum Gasteiger partial charge on any atom is 0.248 e. The van der Waals surface area contributed by atoms with Crippen LogP contribution in [0.3, 0.4) is 0 Å². The van der Waals surface area contributed by atoms with Gasteiger partial charge in [-0.05, 0) is 54.5 Å². The number of allylic oxidation sites excluding steroid dienone is 1. The summed E-state index contributed by atoms with van der Waals surface area (Å²) in [6.45, 7) is 2.07. The van der Waals surface area contributed by atoms with Crippen molar-refractivity contribution in [3.63, 3.8) is 0 Å². The Morgan fingerprint density at radius 3 is 2.23 bits per heavy atom. The Bertz CT molecular complexity index is 688. The standard InChI is InChI=1S/C18H16BrNO2/c1-2-13-3-9-16(10-4-13)20-18(22)12-11-17(21)14-5-7-15(19)8-6-14/h3-12H,2H2,1H3,(H,20,22)/b12-11+. The summed E-state index contributed by atoms with van der Waals surface area (Å²) in [6.07, 6.45) is 3.48. The Hall–Kier alpha value is -2.20. The van der Waals surface area contributed by atoms with Crippen LogP contribution in [-0.2, 0) is 11.2 Å². The zero-order valence-electron chi connectivity index (χ0n) is 12.2. The van der Waals surface area contributed by atoms with E-state index in [1.165, 1.54) is 17.7 Å². The number of hydrogen-bond acceptors (Lipinski definition) is 2. The van der Waals surface area contributed by atoms with E-state index in [2.05, 4.69) is 28.2 Å². The van der Waals surface area contributed by atoms with E-state index in [9.17, 15) is 9.59 Å². The first kappa shape index (κ1) is 16.2. The van der Waals surface area contributed by atoms with E-state index in [-0.39, 0.29) is 11.7 Å². The van der Waals surface area contributed by atoms with Gasteiger partial charge in [-0.3, -0.25) is 9.59 Å². The summed E-state index contributed by atoms with van der Waals surface area (Å²) in [4.78, 5) is 23.7. The maximum absolute atomic E-state index is 11.9. The second-order valence-electron chi connectivity index (χ2n) is 4.74. The molecule has 0 bridgehead atoms. The number of amides is 1. The minimum atomic E-state index is -0.324. The SMILES string of the molecule is CCc1ccc(NC(=O)/C=C/C(=O)c2ccc(Br)cc2)cc1. The molecule has 0 spiro atoms. The molecule has 0 radical (unpaired) electrons. The Balaban J connectivity index is 1.95. The van der Waals surface area contributed by atoms with E-state index in [1.807, 2.05) is 24.3 Å². The molecule has 1 amide bonds. The van der Waals surface area contributed by atoms with Gasteiger partial charge in [0.2, 0.25) is 5.91 Å². The molecule has 1 N–H and O–H groups in total. The largest absolute Gasteiger partial charge is 0.323 e. The van der Waals surface area contributed by atoms with Gasteiger partial charge in [-0.25, -0.2) is 0 Å². The van der Waals surface area contributed by atoms with Crippen molar-refractivity contribution in [2.45, 2.75) is 13.3 Å². The van der Waals surface area contributed by atoms with Gasteiger partial charge < -0.3 is 5.32 Å². The van der Waals surface area contributed by atoms with Gasteiger partial charge in [-0.2, -0.15) is 0 Å². The second-order valence-corrected chi connectivity index (χ2v) is 5.66. The summed E-state index contributed by atoms with van der Waals surface area (Å²) >= 11 is 3.31. The third-order valence-corrected chi connectivity index (χ3v) is 3.67. The molecule has 22 heavy (non-hydrogen) atoms. The minimum Gasteiger partial charge on any atom is -0.323 e. The van der Waals surface area contributed by atoms with Gasteiger partial charge in [0.1, 0.15) is 0 Å². The van der Waals surface area contributed by atoms with Crippen LogP contribution < -0.4 is 5.32 Å². The predicted octanol–water partition coefficient (Wildman–Crippen LogP) is 4.39. The van der Waals surface area contributed by atoms with Crippen LogP contribution in [-0.4, -0.2) is 11.7 Å². The fourth-order valence-corrected chi connectivity index (χ4v) is 2.13. The molecule has 0 aliphatic heterocycles. The molecule has 0 saturated heterocycles. The Labute approximate surface area is 138 Å². The first-order valence-corrected chi connectivity index (χ1v) is 7.75. The van der Waals surface area contributed by atoms with Crippen LogP contribution in [0.2, 0.25) is 0 Å². The number of aryl methyl sites for hydroxylation is 1. The van der Waals surface area contributed by atoms with Crippen LogP contribution in [0.5, 0.6) is 0 Å². The summed E-state index contributed by atoms with van der Waals surface area (Å²) in [5.74, 6) is -0.529. The summed E-state index contributed by atoms with van der Waals surface area (Å²) in [6, 6.07) is 14.6. The first-order valence-electron chi connectivity index (χ1n) is 6.96. The van der Waals surface area contributed by atoms with Crippen LogP contribution >= 0.6 is 15.9 Å². The molecule has 4 heteroatoms. The molecule has 0 aromatic heterocycles. The van der Waals surface area contributed by atoms with Crippen molar-refractivity contribution in [3.05, 3.63) is 76.3 Å². The monoisotopic (exact) mass is 357 g/mol. The molecule has 2 aromatic carbocycles. The molecule has 0 aliphatic rings. The van der Waals surface area contributed by atoms with E-state index in [0.29, 0.717) is 11.3 Å². The van der Waals surface area contributed by atoms with Crippen molar-refractivity contribution in [2.24, 2.45) is 0 Å². The highest BCUT2D eigenvalue weighted by molar-refractivity contribution is 9.10. The average Bonchev–Trinajstić information content (AvgIpc) is 2.54. The smallest absolute Gasteiger partial charge is 0.248 e. The molecule has 0 fully saturated rings. The summed E-state index contributed by atoms with van der Waals surface area (Å²) < 4.78 is 0.904. The fraction of sp³-hybridized carbons (Fsp3) is 0.111. The summed E-state index contributed by atoms with van der Waals surface area (Å²) in [5, 5.41) is 2.72. The number of carbonyl (C=O) groups excluding carboxylic acids is 2. The normalized spacial score (nSPS) is 10.6. The maximum atomic E-state index is 11.9. The molecule has 0 atom stereocenters. The van der Waals surface area contributed by atoms with Crippen molar-refractivity contribution in [3.8, 4) is 0 Å². The van der Waals surface area contributed by atoms with Crippen molar-refractivity contribution < 1.29 is 9.59 Å². The van der Waals surface area contributed by atoms with Crippen LogP contribution in [0.25, 0.3) is 0 Å². The number of anilines is 1. The highest BCUT2D eigenvalue weighted by Gasteiger charge is 2.03. The Kier molecular flexibility index (Phi) is 5.67. The lowest BCUT2D eigenvalue weighted by Crippen LogP contribution is -2.08. The van der Waals surface area contributed by atoms with E-state index in [0.717, 1.165) is 10.9 Å². The van der Waals surface area contributed by atoms with E-state index in [4.69, 9.17) is 0 Å². The molecule has 0 unspecified atom stereocenters. The van der Waals surface area contributed by atoms with Gasteiger partial charge in [-0.15, -0.1) is 0 Å². The van der Waals surface area contributed by atoms with E-state index in [1.54, 1.807) is 24.3 Å². The van der Waals surface area contributed by atoms with E-state index < -0.39 is 0 Å². The molecule has 2 aromatic rings. The number of nitrogens with one attached hydrogen (secondary N) is 1. The third kappa shape index (κ3) is 4.67. The molecule has 0 saturated carbocycles. The van der Waals surface area contributed by atoms with Crippen LogP contribution in [0.15, 0.2) is 65.2 Å². The molecule has 2 rings (SSSR count). The number of rotatable bonds is 5. The number of carbonyl (C=O) groups is 2. The number of benzene rings is 2. The average molecular weight is 358 g/mol. The number of hydrogen-bond donors (Lipinski definition) is 1. The molecule has 112 valence electrons. The summed E-state index contributed by atoms with van der Waals surface area (Å²) in [5.41, 5.74) is 2.46. The zero-order chi connectivity index (χ0) is 15.9. The van der Waals surface area contributed by atoms with Gasteiger partial charge in [0.25, 0.3) is 0 Å². The Morgan fingerprint density at radius 2 is 1.64 bits per heavy atom. The Morgan fingerprint density at radius 1 is 1.00 bits per heavy atom. The third-order valence-electron chi connectivity index (χ3n) is 3.14. The molecular formula is C18H16BrNO2. The van der Waals surface area contributed by atoms with Gasteiger partial charge in [0.15, 0.2) is 5.78 Å². The fourth-order valence-electron chi connectivity index (χ4n) is 1.87. The highest BCUT2D eigenvalue weighted by atomic mass is 79.9. The van der Waals surface area contributed by atoms with Gasteiger partial charge in [-0.1, -0.05) is 35.0 Å². The van der Waals surface area contributed by atoms with E-state index >= 15 is 0 Å². The van der Waals surface area contributed by atoms with Crippen LogP contribution in [0.4, 0.5) is 5.69 Å². The quantitative estimate of drug-likeness (QED) is 0.637. The van der Waals surface area contributed by atoms with Crippen molar-refractivity contribution >= 4 is 33.3 Å². The highest BCUT2D eigenvalue weighted by Crippen LogP contribution is 2.12. The van der Waals surface area contributed by atoms with Crippen LogP contribution in [0, 0.1) is 0 Å². The van der Waals surface area contributed by atoms with Crippen molar-refractivity contribution in [1.29, 1.82) is 0 Å². The molecule has 0 heterocycles. The molecule has 3 nitrogen and oxygen atoms in total. The van der Waals surface area contributed by atoms with Gasteiger partial charge in [0.05, 0.1) is 0 Å². The van der Waals surface area contributed by atoms with Crippen molar-refractivity contribution in [2.75, 3.05) is 5.32 Å². The molecule has 0 aliphatic carbocycles. The topological polar surface area (TPSA) is 46.2 Å². The lowest BCUT2D eigenvalue weighted by atomic mass is 10.1. The van der Waals surface area contributed by atoms with Gasteiger partial charge >= 0.3 is 0 Å². The van der Waals surface area contributed by atoms with Gasteiger partial charge in [0, 0.05) is 21.8 Å². The zero-order valence-corrected chi connectivity index (χ0v) is 13.8. The predicted molar refractivity (Wildman–Crippen MR) is 92.1 cm³/mol. The molecular weight excluding hydrogens is 342 g/mol. The van der Waals surface area contributed by atoms with Crippen LogP contribution in [0.1, 0.15) is 22.8 Å². The lowest BCUT2D eigenvalue weighted by Gasteiger charge is -2.03. The lowest BCUT2D eigenvalue weighted by molar-refractivity contribution is -0.111. The number of halogens is 1. The summed E-state index contributed by atoms with van der Waals surface area (Å²) in [7, 11) is 0. The van der Waals surface area contributed by atoms with Crippen molar-refractivity contribution in [1.82, 2.24) is 0 Å². The second kappa shape index (κ2) is 7.71. The number of ketones is 1. The first-order chi connectivity index (χ1) is 10.6.